The number of ether oxygens (including phenoxy) is 1. The van der Waals surface area contributed by atoms with Gasteiger partial charge in [0.2, 0.25) is 0 Å². The molecule has 0 amide bonds. The highest BCUT2D eigenvalue weighted by Crippen LogP contribution is 2.26. The Morgan fingerprint density at radius 3 is 2.31 bits per heavy atom. The van der Waals surface area contributed by atoms with Crippen molar-refractivity contribution in [2.75, 3.05) is 25.5 Å². The molecule has 0 radical (unpaired) electrons. The lowest BCUT2D eigenvalue weighted by Gasteiger charge is -2.15. The van der Waals surface area contributed by atoms with Crippen LogP contribution < -0.4 is 15.8 Å². The van der Waals surface area contributed by atoms with E-state index in [1.807, 2.05) is 0 Å². The Bertz CT molecular complexity index is 327. The number of nitrogens with one attached hydrogen (secondary N) is 1. The van der Waals surface area contributed by atoms with Crippen LogP contribution in [0.1, 0.15) is 18.1 Å². The summed E-state index contributed by atoms with van der Waals surface area (Å²) in [6.07, 6.45) is 0. The molecule has 3 N–H and O–H groups in total. The summed E-state index contributed by atoms with van der Waals surface area (Å²) in [4.78, 5) is 0. The number of hydrogen-bond donors (Lipinski definition) is 2. The van der Waals surface area contributed by atoms with Crippen LogP contribution in [0.25, 0.3) is 0 Å². The zero-order valence-corrected chi connectivity index (χ0v) is 10.6. The molecule has 90 valence electrons. The fourth-order valence-corrected chi connectivity index (χ4v) is 1.75. The number of anilines is 1. The van der Waals surface area contributed by atoms with Crippen LogP contribution in [0.15, 0.2) is 12.1 Å². The summed E-state index contributed by atoms with van der Waals surface area (Å²) in [5, 5.41) is 3.39. The van der Waals surface area contributed by atoms with Gasteiger partial charge in [-0.2, -0.15) is 0 Å². The number of methoxy groups -OCH3 is 1. The molecular weight excluding hydrogens is 200 g/mol. The lowest BCUT2D eigenvalue weighted by molar-refractivity contribution is 0.408. The third kappa shape index (κ3) is 3.14. The van der Waals surface area contributed by atoms with Crippen molar-refractivity contribution in [2.24, 2.45) is 11.7 Å². The average molecular weight is 222 g/mol. The second-order valence-corrected chi connectivity index (χ2v) is 4.37. The average Bonchev–Trinajstić information content (AvgIpc) is 2.25. The van der Waals surface area contributed by atoms with Crippen molar-refractivity contribution in [1.82, 2.24) is 0 Å². The first kappa shape index (κ1) is 12.8. The molecule has 3 heteroatoms. The minimum absolute atomic E-state index is 0.489. The Labute approximate surface area is 98.0 Å². The molecule has 1 rings (SSSR count). The highest BCUT2D eigenvalue weighted by Gasteiger charge is 2.05. The van der Waals surface area contributed by atoms with E-state index in [1.54, 1.807) is 7.11 Å². The quantitative estimate of drug-likeness (QED) is 0.803. The third-order valence-corrected chi connectivity index (χ3v) is 2.72. The standard InChI is InChI=1S/C13H22N2O/c1-9(7-14)8-15-12-5-10(2)13(16-4)11(3)6-12/h5-6,9,15H,7-8,14H2,1-4H3. The molecule has 1 unspecified atom stereocenters. The van der Waals surface area contributed by atoms with Gasteiger partial charge >= 0.3 is 0 Å². The van der Waals surface area contributed by atoms with E-state index < -0.39 is 0 Å². The van der Waals surface area contributed by atoms with Crippen molar-refractivity contribution in [3.63, 3.8) is 0 Å². The molecule has 0 aromatic heterocycles. The van der Waals surface area contributed by atoms with E-state index in [0.717, 1.165) is 29.1 Å². The molecule has 0 aliphatic heterocycles. The van der Waals surface area contributed by atoms with Crippen molar-refractivity contribution in [3.8, 4) is 5.75 Å². The maximum atomic E-state index is 5.58. The maximum Gasteiger partial charge on any atom is 0.124 e. The smallest absolute Gasteiger partial charge is 0.124 e. The second kappa shape index (κ2) is 5.75. The van der Waals surface area contributed by atoms with Gasteiger partial charge in [0.1, 0.15) is 5.75 Å². The fourth-order valence-electron chi connectivity index (χ4n) is 1.75. The number of hydrogen-bond acceptors (Lipinski definition) is 3. The van der Waals surface area contributed by atoms with Crippen molar-refractivity contribution >= 4 is 5.69 Å². The summed E-state index contributed by atoms with van der Waals surface area (Å²) in [5.74, 6) is 1.46. The van der Waals surface area contributed by atoms with Gasteiger partial charge in [-0.3, -0.25) is 0 Å². The number of nitrogens with two attached hydrogens (primary N) is 1. The first-order valence-electron chi connectivity index (χ1n) is 5.67. The molecule has 0 fully saturated rings. The Morgan fingerprint density at radius 2 is 1.88 bits per heavy atom. The predicted octanol–water partition coefficient (Wildman–Crippen LogP) is 2.32. The molecule has 1 aromatic rings. The summed E-state index contributed by atoms with van der Waals surface area (Å²) in [6, 6.07) is 4.21. The van der Waals surface area contributed by atoms with Crippen molar-refractivity contribution < 1.29 is 4.74 Å². The van der Waals surface area contributed by atoms with Gasteiger partial charge in [0.25, 0.3) is 0 Å². The number of aryl methyl sites for hydroxylation is 2. The van der Waals surface area contributed by atoms with Gasteiger partial charge in [0, 0.05) is 12.2 Å². The van der Waals surface area contributed by atoms with Gasteiger partial charge in [0.15, 0.2) is 0 Å². The maximum absolute atomic E-state index is 5.58. The Morgan fingerprint density at radius 1 is 1.31 bits per heavy atom. The highest BCUT2D eigenvalue weighted by atomic mass is 16.5. The van der Waals surface area contributed by atoms with Crippen molar-refractivity contribution in [1.29, 1.82) is 0 Å². The predicted molar refractivity (Wildman–Crippen MR) is 69.2 cm³/mol. The van der Waals surface area contributed by atoms with Crippen molar-refractivity contribution in [2.45, 2.75) is 20.8 Å². The molecule has 0 saturated carbocycles. The van der Waals surface area contributed by atoms with Gasteiger partial charge < -0.3 is 15.8 Å². The molecule has 1 atom stereocenters. The van der Waals surface area contributed by atoms with Gasteiger partial charge in [-0.05, 0) is 49.6 Å². The van der Waals surface area contributed by atoms with Gasteiger partial charge in [-0.1, -0.05) is 6.92 Å². The monoisotopic (exact) mass is 222 g/mol. The Hall–Kier alpha value is -1.22. The van der Waals surface area contributed by atoms with E-state index in [-0.39, 0.29) is 0 Å². The van der Waals surface area contributed by atoms with E-state index >= 15 is 0 Å². The first-order chi connectivity index (χ1) is 7.58. The summed E-state index contributed by atoms with van der Waals surface area (Å²) in [7, 11) is 1.71. The van der Waals surface area contributed by atoms with Crippen LogP contribution in [0.4, 0.5) is 5.69 Å². The second-order valence-electron chi connectivity index (χ2n) is 4.37. The van der Waals surface area contributed by atoms with Crippen molar-refractivity contribution in [3.05, 3.63) is 23.3 Å². The molecule has 0 aliphatic carbocycles. The largest absolute Gasteiger partial charge is 0.496 e. The van der Waals surface area contributed by atoms with Crippen LogP contribution in [0.5, 0.6) is 5.75 Å². The molecule has 0 bridgehead atoms. The highest BCUT2D eigenvalue weighted by molar-refractivity contribution is 5.55. The zero-order chi connectivity index (χ0) is 12.1. The van der Waals surface area contributed by atoms with E-state index in [1.165, 1.54) is 0 Å². The summed E-state index contributed by atoms with van der Waals surface area (Å²) < 4.78 is 5.33. The molecule has 0 spiro atoms. The number of rotatable bonds is 5. The van der Waals surface area contributed by atoms with E-state index in [9.17, 15) is 0 Å². The molecular formula is C13H22N2O. The summed E-state index contributed by atoms with van der Waals surface area (Å²) in [6.45, 7) is 7.87. The molecule has 0 aliphatic rings. The molecule has 1 aromatic carbocycles. The van der Waals surface area contributed by atoms with E-state index in [0.29, 0.717) is 12.5 Å². The summed E-state index contributed by atoms with van der Waals surface area (Å²) in [5.41, 5.74) is 9.03. The lowest BCUT2D eigenvalue weighted by Crippen LogP contribution is -2.19. The summed E-state index contributed by atoms with van der Waals surface area (Å²) >= 11 is 0. The Balaban J connectivity index is 2.76. The molecule has 3 nitrogen and oxygen atoms in total. The van der Waals surface area contributed by atoms with Crippen LogP contribution in [-0.4, -0.2) is 20.2 Å². The third-order valence-electron chi connectivity index (χ3n) is 2.72. The molecule has 0 saturated heterocycles. The molecule has 0 heterocycles. The van der Waals surface area contributed by atoms with Crippen LogP contribution in [0.3, 0.4) is 0 Å². The van der Waals surface area contributed by atoms with E-state index in [4.69, 9.17) is 10.5 Å². The van der Waals surface area contributed by atoms with Crippen LogP contribution in [0.2, 0.25) is 0 Å². The topological polar surface area (TPSA) is 47.3 Å². The fraction of sp³-hybridized carbons (Fsp3) is 0.538. The SMILES string of the molecule is COc1c(C)cc(NCC(C)CN)cc1C. The first-order valence-corrected chi connectivity index (χ1v) is 5.67. The zero-order valence-electron chi connectivity index (χ0n) is 10.6. The number of benzene rings is 1. The van der Waals surface area contributed by atoms with E-state index in [2.05, 4.69) is 38.2 Å². The Kier molecular flexibility index (Phi) is 4.62. The van der Waals surface area contributed by atoms with Gasteiger partial charge in [0.05, 0.1) is 7.11 Å². The van der Waals surface area contributed by atoms with Crippen LogP contribution in [0, 0.1) is 19.8 Å². The minimum Gasteiger partial charge on any atom is -0.496 e. The van der Waals surface area contributed by atoms with Crippen LogP contribution in [-0.2, 0) is 0 Å². The minimum atomic E-state index is 0.489. The lowest BCUT2D eigenvalue weighted by atomic mass is 10.1. The van der Waals surface area contributed by atoms with Crippen LogP contribution >= 0.6 is 0 Å². The van der Waals surface area contributed by atoms with Gasteiger partial charge in [-0.25, -0.2) is 0 Å². The normalized spacial score (nSPS) is 12.3. The van der Waals surface area contributed by atoms with Gasteiger partial charge in [-0.15, -0.1) is 0 Å². The molecule has 16 heavy (non-hydrogen) atoms.